The lowest BCUT2D eigenvalue weighted by Crippen LogP contribution is -2.53. The van der Waals surface area contributed by atoms with E-state index in [0.717, 1.165) is 6.42 Å². The van der Waals surface area contributed by atoms with Crippen LogP contribution in [0.1, 0.15) is 60.8 Å². The molecule has 1 heterocycles. The first-order chi connectivity index (χ1) is 8.52. The van der Waals surface area contributed by atoms with Crippen LogP contribution >= 0.6 is 0 Å². The molecular formula is C15H29NO3. The van der Waals surface area contributed by atoms with Gasteiger partial charge in [0.1, 0.15) is 5.60 Å². The van der Waals surface area contributed by atoms with Gasteiger partial charge < -0.3 is 14.7 Å². The normalized spacial score (nSPS) is 28.6. The number of carbonyl (C=O) groups is 1. The third-order valence-corrected chi connectivity index (χ3v) is 3.44. The Kier molecular flexibility index (Phi) is 4.88. The van der Waals surface area contributed by atoms with Gasteiger partial charge in [-0.15, -0.1) is 0 Å². The summed E-state index contributed by atoms with van der Waals surface area (Å²) in [7, 11) is 0. The van der Waals surface area contributed by atoms with Crippen LogP contribution in [0.5, 0.6) is 0 Å². The van der Waals surface area contributed by atoms with Crippen LogP contribution < -0.4 is 0 Å². The molecule has 19 heavy (non-hydrogen) atoms. The van der Waals surface area contributed by atoms with E-state index in [1.54, 1.807) is 4.90 Å². The van der Waals surface area contributed by atoms with Crippen molar-refractivity contribution in [2.24, 2.45) is 5.92 Å². The summed E-state index contributed by atoms with van der Waals surface area (Å²) < 4.78 is 5.40. The first-order valence-corrected chi connectivity index (χ1v) is 7.24. The molecule has 4 heteroatoms. The largest absolute Gasteiger partial charge is 0.444 e. The molecule has 4 nitrogen and oxygen atoms in total. The Morgan fingerprint density at radius 2 is 2.05 bits per heavy atom. The van der Waals surface area contributed by atoms with Gasteiger partial charge in [-0.25, -0.2) is 4.79 Å². The zero-order valence-electron chi connectivity index (χ0n) is 13.2. The predicted molar refractivity (Wildman–Crippen MR) is 76.0 cm³/mol. The molecule has 0 aromatic rings. The molecule has 0 bridgehead atoms. The van der Waals surface area contributed by atoms with Crippen LogP contribution in [-0.4, -0.2) is 39.9 Å². The van der Waals surface area contributed by atoms with Crippen molar-refractivity contribution >= 4 is 6.09 Å². The molecule has 1 fully saturated rings. The van der Waals surface area contributed by atoms with Crippen LogP contribution in [0.25, 0.3) is 0 Å². The van der Waals surface area contributed by atoms with Gasteiger partial charge in [-0.2, -0.15) is 0 Å². The van der Waals surface area contributed by atoms with E-state index in [9.17, 15) is 9.90 Å². The quantitative estimate of drug-likeness (QED) is 0.839. The topological polar surface area (TPSA) is 49.8 Å². The average Bonchev–Trinajstić information content (AvgIpc) is 2.11. The van der Waals surface area contributed by atoms with Gasteiger partial charge in [-0.3, -0.25) is 0 Å². The van der Waals surface area contributed by atoms with E-state index in [-0.39, 0.29) is 12.1 Å². The minimum absolute atomic E-state index is 0.0207. The van der Waals surface area contributed by atoms with Crippen molar-refractivity contribution < 1.29 is 14.6 Å². The van der Waals surface area contributed by atoms with Crippen LogP contribution in [-0.2, 0) is 4.74 Å². The molecule has 1 rings (SSSR count). The predicted octanol–water partition coefficient (Wildman–Crippen LogP) is 3.18. The molecule has 2 unspecified atom stereocenters. The van der Waals surface area contributed by atoms with E-state index in [0.29, 0.717) is 25.3 Å². The number of rotatable bonds is 2. The average molecular weight is 271 g/mol. The van der Waals surface area contributed by atoms with Gasteiger partial charge in [0.25, 0.3) is 0 Å². The fourth-order valence-corrected chi connectivity index (χ4v) is 2.85. The molecule has 2 atom stereocenters. The van der Waals surface area contributed by atoms with Crippen molar-refractivity contribution in [1.82, 2.24) is 4.90 Å². The monoisotopic (exact) mass is 271 g/mol. The first kappa shape index (κ1) is 16.3. The second-order valence-electron chi connectivity index (χ2n) is 7.30. The molecule has 112 valence electrons. The summed E-state index contributed by atoms with van der Waals surface area (Å²) in [6.07, 6.45) is 1.78. The van der Waals surface area contributed by atoms with Crippen molar-refractivity contribution in [1.29, 1.82) is 0 Å². The van der Waals surface area contributed by atoms with E-state index in [1.165, 1.54) is 0 Å². The number of hydrogen-bond donors (Lipinski definition) is 1. The lowest BCUT2D eigenvalue weighted by molar-refractivity contribution is -0.0606. The Bertz CT molecular complexity index is 322. The molecule has 0 saturated carbocycles. The molecule has 0 radical (unpaired) electrons. The SMILES string of the molecule is CC(C)CC1(O)CCN(C(=O)OC(C)(C)C)C(C)C1. The Morgan fingerprint density at radius 3 is 2.47 bits per heavy atom. The zero-order chi connectivity index (χ0) is 14.8. The second kappa shape index (κ2) is 5.70. The Morgan fingerprint density at radius 1 is 1.47 bits per heavy atom. The fourth-order valence-electron chi connectivity index (χ4n) is 2.85. The molecule has 1 saturated heterocycles. The van der Waals surface area contributed by atoms with Gasteiger partial charge >= 0.3 is 6.09 Å². The van der Waals surface area contributed by atoms with Gasteiger partial charge in [0.15, 0.2) is 0 Å². The smallest absolute Gasteiger partial charge is 0.410 e. The zero-order valence-corrected chi connectivity index (χ0v) is 13.2. The second-order valence-corrected chi connectivity index (χ2v) is 7.30. The highest BCUT2D eigenvalue weighted by Crippen LogP contribution is 2.32. The summed E-state index contributed by atoms with van der Waals surface area (Å²) >= 11 is 0. The number of aliphatic hydroxyl groups is 1. The highest BCUT2D eigenvalue weighted by molar-refractivity contribution is 5.68. The summed E-state index contributed by atoms with van der Waals surface area (Å²) in [5.41, 5.74) is -1.10. The highest BCUT2D eigenvalue weighted by Gasteiger charge is 2.39. The molecule has 1 aliphatic heterocycles. The standard InChI is InChI=1S/C15H29NO3/c1-11(2)9-15(18)7-8-16(12(3)10-15)13(17)19-14(4,5)6/h11-12,18H,7-10H2,1-6H3. The van der Waals surface area contributed by atoms with E-state index in [1.807, 2.05) is 27.7 Å². The van der Waals surface area contributed by atoms with Crippen molar-refractivity contribution in [3.8, 4) is 0 Å². The van der Waals surface area contributed by atoms with Crippen molar-refractivity contribution in [2.75, 3.05) is 6.54 Å². The Balaban J connectivity index is 2.62. The van der Waals surface area contributed by atoms with Crippen LogP contribution in [0.4, 0.5) is 4.79 Å². The Labute approximate surface area is 117 Å². The maximum absolute atomic E-state index is 12.1. The first-order valence-electron chi connectivity index (χ1n) is 7.24. The van der Waals surface area contributed by atoms with Crippen molar-refractivity contribution in [3.63, 3.8) is 0 Å². The van der Waals surface area contributed by atoms with Gasteiger partial charge in [0.05, 0.1) is 5.60 Å². The van der Waals surface area contributed by atoms with Crippen molar-refractivity contribution in [3.05, 3.63) is 0 Å². The molecule has 0 aromatic carbocycles. The van der Waals surface area contributed by atoms with Crippen LogP contribution in [0.2, 0.25) is 0 Å². The molecule has 0 aliphatic carbocycles. The van der Waals surface area contributed by atoms with Crippen LogP contribution in [0.15, 0.2) is 0 Å². The maximum atomic E-state index is 12.1. The number of amides is 1. The third kappa shape index (κ3) is 5.01. The number of nitrogens with zero attached hydrogens (tertiary/aromatic N) is 1. The number of ether oxygens (including phenoxy) is 1. The van der Waals surface area contributed by atoms with E-state index in [2.05, 4.69) is 13.8 Å². The van der Waals surface area contributed by atoms with Crippen LogP contribution in [0.3, 0.4) is 0 Å². The number of piperidine rings is 1. The molecular weight excluding hydrogens is 242 g/mol. The van der Waals surface area contributed by atoms with Gasteiger partial charge in [-0.1, -0.05) is 13.8 Å². The lowest BCUT2D eigenvalue weighted by Gasteiger charge is -2.43. The number of likely N-dealkylation sites (tertiary alicyclic amines) is 1. The van der Waals surface area contributed by atoms with E-state index in [4.69, 9.17) is 4.74 Å². The minimum atomic E-state index is -0.633. The number of carbonyl (C=O) groups excluding carboxylic acids is 1. The van der Waals surface area contributed by atoms with E-state index < -0.39 is 11.2 Å². The molecule has 0 spiro atoms. The van der Waals surface area contributed by atoms with Gasteiger partial charge in [0, 0.05) is 12.6 Å². The fraction of sp³-hybridized carbons (Fsp3) is 0.933. The lowest BCUT2D eigenvalue weighted by atomic mass is 9.81. The van der Waals surface area contributed by atoms with Gasteiger partial charge in [0.2, 0.25) is 0 Å². The van der Waals surface area contributed by atoms with Gasteiger partial charge in [-0.05, 0) is 52.9 Å². The van der Waals surface area contributed by atoms with E-state index >= 15 is 0 Å². The minimum Gasteiger partial charge on any atom is -0.444 e. The summed E-state index contributed by atoms with van der Waals surface area (Å²) in [5.74, 6) is 0.463. The van der Waals surface area contributed by atoms with Crippen molar-refractivity contribution in [2.45, 2.75) is 78.0 Å². The molecule has 0 aromatic heterocycles. The Hall–Kier alpha value is -0.770. The maximum Gasteiger partial charge on any atom is 0.410 e. The molecule has 1 N–H and O–H groups in total. The molecule has 1 aliphatic rings. The summed E-state index contributed by atoms with van der Waals surface area (Å²) in [6, 6.07) is 0.0207. The summed E-state index contributed by atoms with van der Waals surface area (Å²) in [5, 5.41) is 10.6. The number of hydrogen-bond acceptors (Lipinski definition) is 3. The van der Waals surface area contributed by atoms with Crippen LogP contribution in [0, 0.1) is 5.92 Å². The summed E-state index contributed by atoms with van der Waals surface area (Å²) in [6.45, 7) is 12.4. The third-order valence-electron chi connectivity index (χ3n) is 3.44. The highest BCUT2D eigenvalue weighted by atomic mass is 16.6. The molecule has 1 amide bonds. The summed E-state index contributed by atoms with van der Waals surface area (Å²) in [4.78, 5) is 13.8.